The molecule has 30 heteroatoms. The minimum absolute atomic E-state index is 0. The number of hydrogen-bond donors (Lipinski definition) is 4. The molecule has 2 aromatic carbocycles. The van der Waals surface area contributed by atoms with Gasteiger partial charge in [-0.25, -0.2) is 47.8 Å². The summed E-state index contributed by atoms with van der Waals surface area (Å²) in [5, 5.41) is 25.9. The molecule has 8 heterocycles. The lowest BCUT2D eigenvalue weighted by atomic mass is 10.1. The number of nitrogens with zero attached hydrogens (tertiary/aromatic N) is 14. The number of ether oxygens (including phenoxy) is 1. The highest BCUT2D eigenvalue weighted by Crippen LogP contribution is 2.26. The van der Waals surface area contributed by atoms with Crippen LogP contribution in [-0.4, -0.2) is 84.7 Å². The lowest BCUT2D eigenvalue weighted by Gasteiger charge is -2.19. The zero-order valence-electron chi connectivity index (χ0n) is 42.0. The predicted octanol–water partition coefficient (Wildman–Crippen LogP) is 9.64. The number of hydroxylamine groups is 1. The first-order valence-corrected chi connectivity index (χ1v) is 23.4. The average Bonchev–Trinajstić information content (AvgIpc) is 4.31. The van der Waals surface area contributed by atoms with Crippen LogP contribution in [0.1, 0.15) is 62.6 Å². The number of methoxy groups -OCH3 is 1. The summed E-state index contributed by atoms with van der Waals surface area (Å²) in [5.41, 5.74) is 9.06. The van der Waals surface area contributed by atoms with Crippen molar-refractivity contribution in [3.8, 4) is 0 Å². The zero-order chi connectivity index (χ0) is 56.8. The SMILES string of the molecule is C.COC(=O)c1ccc(CN(c2ccc(F)cn2)c2nc(C)no2)cc1.Cc1noc(N(Cc2ccc(C(=O)NO)cc2)c2ccc(F)cn2)n1.Cc1noc(N)n1.Cc1noc(Nc2ccc(F)cn2)n1.Fc1ccc(Br)nc1. The van der Waals surface area contributed by atoms with E-state index < -0.39 is 29.3 Å². The van der Waals surface area contributed by atoms with Crippen LogP contribution in [0.3, 0.4) is 0 Å². The van der Waals surface area contributed by atoms with Gasteiger partial charge in [0.15, 0.2) is 23.3 Å². The summed E-state index contributed by atoms with van der Waals surface area (Å²) in [4.78, 5) is 57.6. The van der Waals surface area contributed by atoms with Crippen molar-refractivity contribution in [1.29, 1.82) is 0 Å². The van der Waals surface area contributed by atoms with Gasteiger partial charge in [-0.15, -0.1) is 0 Å². The minimum atomic E-state index is -0.601. The number of aryl methyl sites for hydroxylation is 4. The van der Waals surface area contributed by atoms with Crippen LogP contribution in [0.25, 0.3) is 0 Å². The van der Waals surface area contributed by atoms with E-state index in [2.05, 4.69) is 91.0 Å². The van der Waals surface area contributed by atoms with Gasteiger partial charge in [0.05, 0.1) is 50.6 Å². The van der Waals surface area contributed by atoms with Crippen LogP contribution >= 0.6 is 15.9 Å². The molecule has 416 valence electrons. The molecule has 8 aromatic heterocycles. The lowest BCUT2D eigenvalue weighted by Crippen LogP contribution is -2.20. The normalized spacial score (nSPS) is 10.1. The van der Waals surface area contributed by atoms with Crippen molar-refractivity contribution in [2.45, 2.75) is 48.2 Å². The number of amides is 1. The number of anilines is 7. The second-order valence-electron chi connectivity index (χ2n) is 15.5. The smallest absolute Gasteiger partial charge is 0.337 e. The largest absolute Gasteiger partial charge is 0.465 e. The lowest BCUT2D eigenvalue weighted by molar-refractivity contribution is 0.0600. The predicted molar refractivity (Wildman–Crippen MR) is 280 cm³/mol. The van der Waals surface area contributed by atoms with Gasteiger partial charge >= 0.3 is 30.0 Å². The Labute approximate surface area is 460 Å². The van der Waals surface area contributed by atoms with E-state index in [0.717, 1.165) is 35.9 Å². The van der Waals surface area contributed by atoms with E-state index in [0.29, 0.717) is 69.6 Å². The number of halogens is 5. The summed E-state index contributed by atoms with van der Waals surface area (Å²) in [6.45, 7) is 7.45. The van der Waals surface area contributed by atoms with Gasteiger partial charge in [-0.05, 0) is 128 Å². The van der Waals surface area contributed by atoms with Gasteiger partial charge in [-0.1, -0.05) is 52.3 Å². The molecule has 5 N–H and O–H groups in total. The monoisotopic (exact) mass is 1170 g/mol. The molecule has 10 rings (SSSR count). The molecule has 0 aliphatic carbocycles. The molecular formula is C50H48BrF4N17O8. The maximum absolute atomic E-state index is 13.2. The molecule has 0 saturated heterocycles. The zero-order valence-corrected chi connectivity index (χ0v) is 43.6. The van der Waals surface area contributed by atoms with Crippen molar-refractivity contribution in [3.63, 3.8) is 0 Å². The third kappa shape index (κ3) is 19.2. The fraction of sp³-hybridized carbons (Fsp3) is 0.160. The molecule has 0 aliphatic heterocycles. The summed E-state index contributed by atoms with van der Waals surface area (Å²) in [5.74, 6) is 0.766. The van der Waals surface area contributed by atoms with Gasteiger partial charge in [-0.3, -0.25) is 25.1 Å². The number of nitrogen functional groups attached to an aromatic ring is 1. The Bertz CT molecular complexity index is 3280. The fourth-order valence-corrected chi connectivity index (χ4v) is 6.21. The number of nitrogens with two attached hydrogens (primary N) is 1. The van der Waals surface area contributed by atoms with Crippen molar-refractivity contribution in [3.05, 3.63) is 195 Å². The van der Waals surface area contributed by atoms with E-state index in [-0.39, 0.29) is 37.3 Å². The number of esters is 1. The molecular weight excluding hydrogens is 1120 g/mol. The number of hydrogen-bond acceptors (Lipinski definition) is 24. The van der Waals surface area contributed by atoms with E-state index in [1.165, 1.54) is 49.6 Å². The van der Waals surface area contributed by atoms with Crippen molar-refractivity contribution < 1.29 is 55.2 Å². The molecule has 0 radical (unpaired) electrons. The summed E-state index contributed by atoms with van der Waals surface area (Å²) >= 11 is 3.07. The van der Waals surface area contributed by atoms with Gasteiger partial charge in [-0.2, -0.15) is 19.9 Å². The van der Waals surface area contributed by atoms with Gasteiger partial charge in [0, 0.05) is 5.56 Å². The van der Waals surface area contributed by atoms with Crippen LogP contribution in [0.15, 0.2) is 145 Å². The number of pyridine rings is 4. The number of carbonyl (C=O) groups is 2. The number of benzene rings is 2. The molecule has 10 aromatic rings. The molecule has 0 unspecified atom stereocenters. The minimum Gasteiger partial charge on any atom is -0.465 e. The molecule has 0 aliphatic rings. The van der Waals surface area contributed by atoms with Crippen LogP contribution in [0.2, 0.25) is 0 Å². The molecule has 80 heavy (non-hydrogen) atoms. The standard InChI is InChI=1S/C17H15FN4O3.C16H14FN5O3.C8H7FN4O.C5H3BrFN.C3H5N3O.CH4/c1-11-20-17(25-21-11)22(15-8-7-14(18)9-19-15)10-12-3-5-13(6-4-12)16(23)24-2;1-10-19-16(25-21-10)22(14-7-6-13(17)8-18-14)9-11-2-4-12(5-3-11)15(23)20-24;1-5-11-8(14-13-5)12-7-3-2-6(9)4-10-7;6-5-2-1-4(7)3-8-5;1-2-5-3(4)7-6-2;/h3-9H,10H2,1-2H3;2-8,24H,9H2,1H3,(H,20,23);2-4H,1H3,(H,10,11,12,13);1-3H;1H3,(H2,4,5,6);1H4. The van der Waals surface area contributed by atoms with Gasteiger partial charge < -0.3 is 28.6 Å². The first-order chi connectivity index (χ1) is 37.9. The van der Waals surface area contributed by atoms with E-state index >= 15 is 0 Å². The third-order valence-corrected chi connectivity index (χ3v) is 10.0. The molecule has 25 nitrogen and oxygen atoms in total. The van der Waals surface area contributed by atoms with E-state index in [1.807, 2.05) is 0 Å². The van der Waals surface area contributed by atoms with E-state index in [4.69, 9.17) is 24.5 Å². The summed E-state index contributed by atoms with van der Waals surface area (Å²) in [7, 11) is 1.33. The first kappa shape index (κ1) is 60.8. The highest BCUT2D eigenvalue weighted by atomic mass is 79.9. The summed E-state index contributed by atoms with van der Waals surface area (Å²) in [6.07, 6.45) is 4.47. The van der Waals surface area contributed by atoms with E-state index in [9.17, 15) is 27.2 Å². The quantitative estimate of drug-likeness (QED) is 0.0291. The number of aromatic nitrogens is 12. The van der Waals surface area contributed by atoms with Crippen LogP contribution in [-0.2, 0) is 17.8 Å². The Hall–Kier alpha value is -10.1. The maximum atomic E-state index is 13.2. The summed E-state index contributed by atoms with van der Waals surface area (Å²) in [6, 6.07) is 25.6. The molecule has 0 bridgehead atoms. The van der Waals surface area contributed by atoms with Crippen LogP contribution < -0.4 is 26.3 Å². The maximum Gasteiger partial charge on any atom is 0.337 e. The van der Waals surface area contributed by atoms with Crippen molar-refractivity contribution in [2.75, 3.05) is 28.0 Å². The fourth-order valence-electron chi connectivity index (χ4n) is 5.97. The topological polar surface area (TPSA) is 327 Å². The second-order valence-corrected chi connectivity index (χ2v) is 16.3. The molecule has 0 saturated carbocycles. The number of rotatable bonds is 12. The Kier molecular flexibility index (Phi) is 22.8. The Morgan fingerprint density at radius 1 is 0.575 bits per heavy atom. The summed E-state index contributed by atoms with van der Waals surface area (Å²) < 4.78 is 75.7. The molecule has 0 atom stereocenters. The van der Waals surface area contributed by atoms with Crippen molar-refractivity contribution in [2.24, 2.45) is 0 Å². The van der Waals surface area contributed by atoms with Gasteiger partial charge in [0.1, 0.15) is 45.3 Å². The number of carbonyl (C=O) groups excluding carboxylic acids is 2. The second kappa shape index (κ2) is 30.0. The van der Waals surface area contributed by atoms with Crippen molar-refractivity contribution >= 4 is 69.3 Å². The third-order valence-electron chi connectivity index (χ3n) is 9.57. The van der Waals surface area contributed by atoms with Gasteiger partial charge in [0.2, 0.25) is 0 Å². The number of nitrogens with one attached hydrogen (secondary N) is 2. The molecule has 0 spiro atoms. The average molecular weight is 1170 g/mol. The van der Waals surface area contributed by atoms with Crippen LogP contribution in [0.4, 0.5) is 59.1 Å². The molecule has 0 fully saturated rings. The first-order valence-electron chi connectivity index (χ1n) is 22.6. The Morgan fingerprint density at radius 2 is 1.01 bits per heavy atom. The van der Waals surface area contributed by atoms with E-state index in [1.54, 1.807) is 97.6 Å². The molecule has 1 amide bonds. The highest BCUT2D eigenvalue weighted by molar-refractivity contribution is 9.10. The van der Waals surface area contributed by atoms with Crippen LogP contribution in [0.5, 0.6) is 0 Å². The highest BCUT2D eigenvalue weighted by Gasteiger charge is 2.20. The Balaban J connectivity index is 0.000000198. The van der Waals surface area contributed by atoms with Crippen molar-refractivity contribution in [1.82, 2.24) is 66.0 Å². The van der Waals surface area contributed by atoms with Gasteiger partial charge in [0.25, 0.3) is 5.91 Å². The van der Waals surface area contributed by atoms with Crippen LogP contribution in [0, 0.1) is 51.0 Å². The Morgan fingerprint density at radius 3 is 1.35 bits per heavy atom.